The molecule has 12 nitrogen and oxygen atoms in total. The van der Waals surface area contributed by atoms with Crippen molar-refractivity contribution < 1.29 is 19.1 Å². The number of fused-ring (bicyclic) bond motifs is 4. The quantitative estimate of drug-likeness (QED) is 0.158. The molecule has 55 heavy (non-hydrogen) atoms. The van der Waals surface area contributed by atoms with E-state index < -0.39 is 5.60 Å². The summed E-state index contributed by atoms with van der Waals surface area (Å²) in [6.07, 6.45) is 8.37. The molecule has 2 aliphatic heterocycles. The van der Waals surface area contributed by atoms with E-state index in [4.69, 9.17) is 14.7 Å². The lowest BCUT2D eigenvalue weighted by atomic mass is 9.93. The summed E-state index contributed by atoms with van der Waals surface area (Å²) in [6.45, 7) is 17.1. The number of carbonyl (C=O) groups excluding carboxylic acids is 3. The van der Waals surface area contributed by atoms with Crippen molar-refractivity contribution in [2.45, 2.75) is 105 Å². The van der Waals surface area contributed by atoms with Gasteiger partial charge in [0.2, 0.25) is 11.8 Å². The first-order chi connectivity index (χ1) is 26.1. The third kappa shape index (κ3) is 8.01. The SMILES string of the molecule is CC(=O)Nc1sc2c(c1-c1nc3cnccc3s1)C[C@@H](C)N(C(=O)OC(C)(C)C)[C@@H]2C.CC(=O)Nc1sc2c(c1-c1nc3cnccc3s1)C[C@@H](C)N[C@@H]2C. The second-order valence-corrected chi connectivity index (χ2v) is 19.2. The Morgan fingerprint density at radius 3 is 1.78 bits per heavy atom. The molecule has 3 amide bonds. The summed E-state index contributed by atoms with van der Waals surface area (Å²) in [7, 11) is 0. The number of pyridine rings is 2. The Hall–Kier alpha value is -4.35. The Labute approximate surface area is 335 Å². The molecule has 0 saturated heterocycles. The van der Waals surface area contributed by atoms with E-state index in [-0.39, 0.29) is 36.0 Å². The first-order valence-corrected chi connectivity index (χ1v) is 21.4. The fourth-order valence-corrected chi connectivity index (χ4v) is 12.0. The number of amides is 3. The third-order valence-corrected chi connectivity index (χ3v) is 14.0. The van der Waals surface area contributed by atoms with Gasteiger partial charge in [0.15, 0.2) is 0 Å². The van der Waals surface area contributed by atoms with E-state index in [1.165, 1.54) is 28.7 Å². The first-order valence-electron chi connectivity index (χ1n) is 18.1. The Morgan fingerprint density at radius 1 is 0.782 bits per heavy atom. The van der Waals surface area contributed by atoms with Gasteiger partial charge in [-0.3, -0.25) is 24.5 Å². The van der Waals surface area contributed by atoms with Crippen LogP contribution in [0.5, 0.6) is 0 Å². The summed E-state index contributed by atoms with van der Waals surface area (Å²) in [5, 5.41) is 13.1. The van der Waals surface area contributed by atoms with Crippen LogP contribution in [0.3, 0.4) is 0 Å². The van der Waals surface area contributed by atoms with E-state index in [0.29, 0.717) is 12.5 Å². The smallest absolute Gasteiger partial charge is 0.411 e. The number of hydrogen-bond acceptors (Lipinski definition) is 13. The molecule has 4 atom stereocenters. The number of carbonyl (C=O) groups is 3. The molecule has 16 heteroatoms. The molecule has 0 aromatic carbocycles. The van der Waals surface area contributed by atoms with Gasteiger partial charge in [0, 0.05) is 65.2 Å². The molecular formula is C39H44N8O4S4. The molecule has 3 N–H and O–H groups in total. The zero-order valence-electron chi connectivity index (χ0n) is 32.2. The van der Waals surface area contributed by atoms with Crippen LogP contribution < -0.4 is 16.0 Å². The van der Waals surface area contributed by atoms with E-state index in [2.05, 4.69) is 39.8 Å². The molecule has 2 aliphatic rings. The number of anilines is 2. The van der Waals surface area contributed by atoms with Crippen molar-refractivity contribution in [3.05, 3.63) is 57.8 Å². The second-order valence-electron chi connectivity index (χ2n) is 15.0. The summed E-state index contributed by atoms with van der Waals surface area (Å²) in [5.41, 5.74) is 5.68. The molecule has 0 bridgehead atoms. The van der Waals surface area contributed by atoms with Gasteiger partial charge in [0.25, 0.3) is 0 Å². The van der Waals surface area contributed by atoms with E-state index in [1.54, 1.807) is 70.6 Å². The van der Waals surface area contributed by atoms with Gasteiger partial charge in [-0.25, -0.2) is 14.8 Å². The summed E-state index contributed by atoms with van der Waals surface area (Å²) in [5.74, 6) is -0.182. The highest BCUT2D eigenvalue weighted by Gasteiger charge is 2.39. The molecule has 6 aromatic rings. The maximum Gasteiger partial charge on any atom is 0.411 e. The van der Waals surface area contributed by atoms with Gasteiger partial charge in [-0.15, -0.1) is 45.3 Å². The molecule has 0 aliphatic carbocycles. The fourth-order valence-electron chi connectivity index (χ4n) is 7.20. The highest BCUT2D eigenvalue weighted by molar-refractivity contribution is 7.23. The summed E-state index contributed by atoms with van der Waals surface area (Å²) in [4.78, 5) is 58.6. The van der Waals surface area contributed by atoms with E-state index in [9.17, 15) is 14.4 Å². The van der Waals surface area contributed by atoms with Crippen LogP contribution in [0.4, 0.5) is 14.8 Å². The van der Waals surface area contributed by atoms with Gasteiger partial charge in [0.1, 0.15) is 36.7 Å². The summed E-state index contributed by atoms with van der Waals surface area (Å²) >= 11 is 6.42. The molecule has 0 radical (unpaired) electrons. The van der Waals surface area contributed by atoms with Crippen LogP contribution in [0.15, 0.2) is 36.9 Å². The molecule has 0 saturated carbocycles. The number of rotatable bonds is 4. The topological polar surface area (TPSA) is 151 Å². The Balaban J connectivity index is 0.000000174. The highest BCUT2D eigenvalue weighted by Crippen LogP contribution is 2.50. The van der Waals surface area contributed by atoms with E-state index in [1.807, 2.05) is 46.8 Å². The predicted molar refractivity (Wildman–Crippen MR) is 224 cm³/mol. The van der Waals surface area contributed by atoms with Crippen LogP contribution >= 0.6 is 45.3 Å². The van der Waals surface area contributed by atoms with Crippen molar-refractivity contribution in [2.24, 2.45) is 0 Å². The molecule has 8 heterocycles. The minimum atomic E-state index is -0.562. The molecule has 8 rings (SSSR count). The average Bonchev–Trinajstić information content (AvgIpc) is 3.86. The summed E-state index contributed by atoms with van der Waals surface area (Å²) in [6, 6.07) is 4.40. The van der Waals surface area contributed by atoms with Gasteiger partial charge in [-0.1, -0.05) is 0 Å². The second kappa shape index (κ2) is 15.3. The van der Waals surface area contributed by atoms with E-state index >= 15 is 0 Å². The van der Waals surface area contributed by atoms with Crippen LogP contribution in [0.2, 0.25) is 0 Å². The van der Waals surface area contributed by atoms with Crippen molar-refractivity contribution in [1.29, 1.82) is 0 Å². The standard InChI is InChI=1S/C22H26N4O3S2.C17H18N4OS2/c1-11-9-14-17(20-25-15-10-23-8-7-16(15)30-20)19(24-13(3)27)31-18(14)12(2)26(11)21(28)29-22(4,5)6;1-8-6-11-14(17-21-12-7-18-5-4-13(12)23-17)16(20-10(3)22)24-15(11)9(2)19-8/h7-8,10-12H,9H2,1-6H3,(H,24,27);4-5,7-9,19H,6H2,1-3H3,(H,20,22)/t11-,12-;8-,9-/m11/s1. The summed E-state index contributed by atoms with van der Waals surface area (Å²) < 4.78 is 7.83. The van der Waals surface area contributed by atoms with Crippen molar-refractivity contribution in [2.75, 3.05) is 10.6 Å². The molecule has 0 unspecified atom stereocenters. The van der Waals surface area contributed by atoms with E-state index in [0.717, 1.165) is 68.4 Å². The number of ether oxygens (including phenoxy) is 1. The molecule has 0 spiro atoms. The number of hydrogen-bond donors (Lipinski definition) is 3. The number of thiazole rings is 2. The third-order valence-electron chi connectivity index (χ3n) is 9.28. The van der Waals surface area contributed by atoms with Crippen LogP contribution in [0.25, 0.3) is 41.6 Å². The van der Waals surface area contributed by atoms with Crippen molar-refractivity contribution >= 4 is 93.7 Å². The molecule has 6 aromatic heterocycles. The zero-order valence-corrected chi connectivity index (χ0v) is 35.5. The van der Waals surface area contributed by atoms with Crippen molar-refractivity contribution in [1.82, 2.24) is 30.2 Å². The lowest BCUT2D eigenvalue weighted by Gasteiger charge is -2.39. The van der Waals surface area contributed by atoms with Crippen molar-refractivity contribution in [3.8, 4) is 21.1 Å². The van der Waals surface area contributed by atoms with Gasteiger partial charge in [0.05, 0.1) is 27.8 Å². The maximum atomic E-state index is 12.9. The Kier molecular flexibility index (Phi) is 10.8. The van der Waals surface area contributed by atoms with Crippen LogP contribution in [-0.2, 0) is 27.2 Å². The number of nitrogens with one attached hydrogen (secondary N) is 3. The minimum absolute atomic E-state index is 0.0491. The predicted octanol–water partition coefficient (Wildman–Crippen LogP) is 9.59. The van der Waals surface area contributed by atoms with Crippen LogP contribution in [0, 0.1) is 0 Å². The maximum absolute atomic E-state index is 12.9. The minimum Gasteiger partial charge on any atom is -0.444 e. The molecule has 0 fully saturated rings. The Morgan fingerprint density at radius 2 is 1.29 bits per heavy atom. The normalized spacial score (nSPS) is 19.3. The lowest BCUT2D eigenvalue weighted by molar-refractivity contribution is -0.115. The first kappa shape index (κ1) is 38.9. The largest absolute Gasteiger partial charge is 0.444 e. The average molecular weight is 817 g/mol. The van der Waals surface area contributed by atoms with Gasteiger partial charge < -0.3 is 20.7 Å². The van der Waals surface area contributed by atoms with Crippen LogP contribution in [-0.4, -0.2) is 60.4 Å². The van der Waals surface area contributed by atoms with Crippen LogP contribution in [0.1, 0.15) is 95.3 Å². The number of nitrogens with zero attached hydrogens (tertiary/aromatic N) is 5. The molecular weight excluding hydrogens is 773 g/mol. The lowest BCUT2D eigenvalue weighted by Crippen LogP contribution is -2.46. The number of thiophene rings is 2. The van der Waals surface area contributed by atoms with Gasteiger partial charge in [-0.2, -0.15) is 0 Å². The highest BCUT2D eigenvalue weighted by atomic mass is 32.1. The van der Waals surface area contributed by atoms with Crippen molar-refractivity contribution in [3.63, 3.8) is 0 Å². The monoisotopic (exact) mass is 816 g/mol. The Bertz CT molecular complexity index is 2360. The van der Waals surface area contributed by atoms with Gasteiger partial charge in [-0.05, 0) is 84.6 Å². The molecule has 288 valence electrons. The van der Waals surface area contributed by atoms with Gasteiger partial charge >= 0.3 is 6.09 Å². The fraction of sp³-hybridized carbons (Fsp3) is 0.410. The number of aromatic nitrogens is 4. The zero-order chi connectivity index (χ0) is 39.3.